The lowest BCUT2D eigenvalue weighted by molar-refractivity contribution is -0.158. The van der Waals surface area contributed by atoms with Gasteiger partial charge in [0.1, 0.15) is 6.10 Å². The monoisotopic (exact) mass is 554 g/mol. The van der Waals surface area contributed by atoms with Crippen molar-refractivity contribution in [2.75, 3.05) is 13.7 Å². The first-order valence-corrected chi connectivity index (χ1v) is 14.6. The van der Waals surface area contributed by atoms with Crippen LogP contribution in [0.4, 0.5) is 4.79 Å². The largest absolute Gasteiger partial charge is 0.508 e. The van der Waals surface area contributed by atoms with Gasteiger partial charge in [0.2, 0.25) is 0 Å². The summed E-state index contributed by atoms with van der Waals surface area (Å²) in [4.78, 5) is 37.7. The van der Waals surface area contributed by atoms with Crippen LogP contribution in [0.5, 0.6) is 0 Å². The van der Waals surface area contributed by atoms with Crippen LogP contribution in [0.1, 0.15) is 85.5 Å². The van der Waals surface area contributed by atoms with Gasteiger partial charge in [0.05, 0.1) is 18.5 Å². The fraction of sp³-hybridized carbons (Fsp3) is 0.893. The van der Waals surface area contributed by atoms with Crippen LogP contribution in [0.25, 0.3) is 0 Å². The quantitative estimate of drug-likeness (QED) is 0.282. The van der Waals surface area contributed by atoms with Gasteiger partial charge in [-0.3, -0.25) is 9.59 Å². The number of ether oxygens (including phenoxy) is 3. The minimum Gasteiger partial charge on any atom is -0.469 e. The summed E-state index contributed by atoms with van der Waals surface area (Å²) >= 11 is 3.96. The van der Waals surface area contributed by atoms with Gasteiger partial charge in [0, 0.05) is 11.8 Å². The molecule has 4 aliphatic carbocycles. The van der Waals surface area contributed by atoms with E-state index in [-0.39, 0.29) is 27.7 Å². The number of hydrogen-bond acceptors (Lipinski definition) is 6. The summed E-state index contributed by atoms with van der Waals surface area (Å²) in [5, 5.41) is 0. The molecule has 4 rings (SSSR count). The smallest absolute Gasteiger partial charge is 0.469 e. The minimum absolute atomic E-state index is 0.0666. The predicted octanol–water partition coefficient (Wildman–Crippen LogP) is 6.33. The highest BCUT2D eigenvalue weighted by Gasteiger charge is 2.67. The topological polar surface area (TPSA) is 78.9 Å². The molecule has 0 aliphatic heterocycles. The number of rotatable bonds is 6. The highest BCUT2D eigenvalue weighted by Crippen LogP contribution is 2.68. The molecule has 0 aromatic carbocycles. The maximum atomic E-state index is 14.2. The highest BCUT2D eigenvalue weighted by molar-refractivity contribution is 9.10. The molecule has 4 fully saturated rings. The fourth-order valence-electron chi connectivity index (χ4n) is 8.97. The summed E-state index contributed by atoms with van der Waals surface area (Å²) in [6.07, 6.45) is 7.64. The number of carbonyl (C=O) groups excluding carboxylic acids is 3. The van der Waals surface area contributed by atoms with Crippen LogP contribution in [0.2, 0.25) is 0 Å². The molecule has 0 unspecified atom stereocenters. The maximum absolute atomic E-state index is 14.2. The van der Waals surface area contributed by atoms with E-state index in [2.05, 4.69) is 36.7 Å². The normalized spacial score (nSPS) is 43.4. The lowest BCUT2D eigenvalue weighted by Gasteiger charge is -2.62. The molecular weight excluding hydrogens is 512 g/mol. The standard InChI is InChI=1S/C28H43BrO6/c1-6-34-26(32)35-18-13-14-27(3)17(15-18)8-9-19-21-11-10-20(16(2)7-12-22(30)33-5)28(21,4)25(31)24(29)23(19)27/h16-21,23-24H,6-15H2,1-5H3/t16-,17-,18-,19+,20-,21+,23-,24+,27+,28-/m1/s1. The minimum atomic E-state index is -0.560. The van der Waals surface area contributed by atoms with Gasteiger partial charge < -0.3 is 14.2 Å². The maximum Gasteiger partial charge on any atom is 0.508 e. The fourth-order valence-corrected chi connectivity index (χ4v) is 10.5. The Labute approximate surface area is 218 Å². The number of Topliss-reactive ketones (excluding diaryl/α,β-unsaturated/α-hetero) is 1. The number of ketones is 1. The van der Waals surface area contributed by atoms with Gasteiger partial charge in [0.25, 0.3) is 0 Å². The van der Waals surface area contributed by atoms with Gasteiger partial charge >= 0.3 is 12.1 Å². The van der Waals surface area contributed by atoms with Crippen LogP contribution in [0.15, 0.2) is 0 Å². The van der Waals surface area contributed by atoms with Gasteiger partial charge in [0.15, 0.2) is 5.78 Å². The predicted molar refractivity (Wildman–Crippen MR) is 136 cm³/mol. The first-order valence-electron chi connectivity index (χ1n) is 13.7. The second-order valence-corrected chi connectivity index (χ2v) is 13.1. The van der Waals surface area contributed by atoms with E-state index < -0.39 is 6.16 Å². The number of halogens is 1. The second kappa shape index (κ2) is 10.3. The number of methoxy groups -OCH3 is 1. The molecule has 0 radical (unpaired) electrons. The molecule has 0 saturated heterocycles. The molecule has 0 aromatic heterocycles. The van der Waals surface area contributed by atoms with Crippen molar-refractivity contribution in [1.82, 2.24) is 0 Å². The van der Waals surface area contributed by atoms with Crippen molar-refractivity contribution >= 4 is 33.8 Å². The molecule has 0 N–H and O–H groups in total. The summed E-state index contributed by atoms with van der Waals surface area (Å²) in [7, 11) is 1.44. The Morgan fingerprint density at radius 1 is 1.14 bits per heavy atom. The molecule has 0 spiro atoms. The molecule has 0 aromatic rings. The first kappa shape index (κ1) is 26.9. The van der Waals surface area contributed by atoms with E-state index in [0.29, 0.717) is 54.3 Å². The summed E-state index contributed by atoms with van der Waals surface area (Å²) < 4.78 is 15.5. The van der Waals surface area contributed by atoms with Crippen LogP contribution >= 0.6 is 15.9 Å². The van der Waals surface area contributed by atoms with Crippen molar-refractivity contribution in [3.05, 3.63) is 0 Å². The molecular formula is C28H43BrO6. The van der Waals surface area contributed by atoms with E-state index >= 15 is 0 Å². The van der Waals surface area contributed by atoms with E-state index in [9.17, 15) is 14.4 Å². The zero-order valence-electron chi connectivity index (χ0n) is 22.0. The number of carbonyl (C=O) groups is 3. The molecule has 10 atom stereocenters. The number of fused-ring (bicyclic) bond motifs is 5. The van der Waals surface area contributed by atoms with E-state index in [1.807, 2.05) is 0 Å². The third kappa shape index (κ3) is 4.57. The summed E-state index contributed by atoms with van der Waals surface area (Å²) in [5.41, 5.74) is -0.268. The van der Waals surface area contributed by atoms with Gasteiger partial charge in [-0.2, -0.15) is 0 Å². The van der Waals surface area contributed by atoms with Crippen molar-refractivity contribution in [3.63, 3.8) is 0 Å². The molecule has 4 saturated carbocycles. The first-order chi connectivity index (χ1) is 16.6. The highest BCUT2D eigenvalue weighted by atomic mass is 79.9. The molecule has 0 heterocycles. The Kier molecular flexibility index (Phi) is 7.95. The van der Waals surface area contributed by atoms with E-state index in [4.69, 9.17) is 14.2 Å². The summed E-state index contributed by atoms with van der Waals surface area (Å²) in [6.45, 7) is 8.96. The Morgan fingerprint density at radius 2 is 1.89 bits per heavy atom. The van der Waals surface area contributed by atoms with Gasteiger partial charge in [-0.25, -0.2) is 4.79 Å². The third-order valence-electron chi connectivity index (χ3n) is 10.7. The zero-order chi connectivity index (χ0) is 25.5. The van der Waals surface area contributed by atoms with Crippen molar-refractivity contribution in [1.29, 1.82) is 0 Å². The Hall–Kier alpha value is -1.11. The van der Waals surface area contributed by atoms with Crippen LogP contribution < -0.4 is 0 Å². The van der Waals surface area contributed by atoms with Crippen LogP contribution in [-0.4, -0.2) is 42.6 Å². The average Bonchev–Trinajstić information content (AvgIpc) is 3.19. The number of alkyl halides is 1. The lowest BCUT2D eigenvalue weighted by atomic mass is 9.44. The van der Waals surface area contributed by atoms with E-state index in [1.54, 1.807) is 6.92 Å². The molecule has 4 aliphatic rings. The van der Waals surface area contributed by atoms with Crippen molar-refractivity contribution in [3.8, 4) is 0 Å². The van der Waals surface area contributed by atoms with Gasteiger partial charge in [-0.1, -0.05) is 36.7 Å². The van der Waals surface area contributed by atoms with E-state index in [1.165, 1.54) is 7.11 Å². The Morgan fingerprint density at radius 3 is 2.57 bits per heavy atom. The van der Waals surface area contributed by atoms with Crippen LogP contribution in [0, 0.1) is 46.3 Å². The van der Waals surface area contributed by atoms with Crippen molar-refractivity contribution < 1.29 is 28.6 Å². The van der Waals surface area contributed by atoms with Gasteiger partial charge in [-0.05, 0) is 99.2 Å². The Balaban J connectivity index is 1.51. The van der Waals surface area contributed by atoms with Crippen molar-refractivity contribution in [2.45, 2.75) is 96.4 Å². The molecule has 0 bridgehead atoms. The second-order valence-electron chi connectivity index (χ2n) is 12.1. The third-order valence-corrected chi connectivity index (χ3v) is 11.7. The van der Waals surface area contributed by atoms with Crippen LogP contribution in [-0.2, 0) is 23.8 Å². The molecule has 0 amide bonds. The SMILES string of the molecule is CCOC(=O)O[C@@H]1CC[C@@]2(C)[C@H](CC[C@@H]3[C@@H]2[C@H](Br)C(=O)[C@]2(C)[C@@H]([C@H](C)CCC(=O)OC)CC[C@@H]32)C1. The summed E-state index contributed by atoms with van der Waals surface area (Å²) in [6, 6.07) is 0. The summed E-state index contributed by atoms with van der Waals surface area (Å²) in [5.74, 6) is 2.54. The van der Waals surface area contributed by atoms with E-state index in [0.717, 1.165) is 51.4 Å². The lowest BCUT2D eigenvalue weighted by Crippen LogP contribution is -2.62. The number of esters is 1. The molecule has 6 nitrogen and oxygen atoms in total. The van der Waals surface area contributed by atoms with Crippen molar-refractivity contribution in [2.24, 2.45) is 46.3 Å². The average molecular weight is 556 g/mol. The van der Waals surface area contributed by atoms with Gasteiger partial charge in [-0.15, -0.1) is 0 Å². The Bertz CT molecular complexity index is 830. The molecule has 198 valence electrons. The molecule has 7 heteroatoms. The number of hydrogen-bond donors (Lipinski definition) is 0. The molecule has 35 heavy (non-hydrogen) atoms. The van der Waals surface area contributed by atoms with Crippen LogP contribution in [0.3, 0.4) is 0 Å². The zero-order valence-corrected chi connectivity index (χ0v) is 23.6.